The molecule has 0 aromatic rings. The van der Waals surface area contributed by atoms with Crippen LogP contribution in [0.5, 0.6) is 0 Å². The average molecular weight is 230 g/mol. The van der Waals surface area contributed by atoms with E-state index in [0.717, 1.165) is 26.1 Å². The summed E-state index contributed by atoms with van der Waals surface area (Å²) in [4.78, 5) is 11.6. The molecular weight excluding hydrogens is 208 g/mol. The lowest BCUT2D eigenvalue weighted by atomic mass is 9.93. The maximum atomic E-state index is 11.6. The van der Waals surface area contributed by atoms with Gasteiger partial charge in [-0.15, -0.1) is 0 Å². The Hall–Kier alpha value is -0.650. The highest BCUT2D eigenvalue weighted by atomic mass is 16.5. The molecule has 1 aliphatic heterocycles. The number of nitrogens with one attached hydrogen (secondary N) is 1. The van der Waals surface area contributed by atoms with Gasteiger partial charge in [-0.25, -0.2) is 0 Å². The van der Waals surface area contributed by atoms with Gasteiger partial charge in [0.2, 0.25) is 5.91 Å². The Kier molecular flexibility index (Phi) is 5.73. The number of amides is 1. The Morgan fingerprint density at radius 3 is 2.75 bits per heavy atom. The molecule has 16 heavy (non-hydrogen) atoms. The summed E-state index contributed by atoms with van der Waals surface area (Å²) >= 11 is 0. The molecule has 5 nitrogen and oxygen atoms in total. The molecule has 1 saturated heterocycles. The molecule has 0 saturated carbocycles. The van der Waals surface area contributed by atoms with Gasteiger partial charge in [0.15, 0.2) is 0 Å². The number of nitrogens with two attached hydrogens (primary N) is 1. The maximum absolute atomic E-state index is 11.6. The summed E-state index contributed by atoms with van der Waals surface area (Å²) in [6.07, 6.45) is 2.00. The molecule has 2 unspecified atom stereocenters. The van der Waals surface area contributed by atoms with E-state index in [0.29, 0.717) is 5.92 Å². The van der Waals surface area contributed by atoms with E-state index >= 15 is 0 Å². The molecular formula is C11H22N2O3. The monoisotopic (exact) mass is 230 g/mol. The number of methoxy groups -OCH3 is 1. The molecule has 1 amide bonds. The smallest absolute Gasteiger partial charge is 0.239 e. The van der Waals surface area contributed by atoms with Gasteiger partial charge >= 0.3 is 0 Å². The van der Waals surface area contributed by atoms with Crippen LogP contribution in [0.25, 0.3) is 0 Å². The Morgan fingerprint density at radius 1 is 1.56 bits per heavy atom. The highest BCUT2D eigenvalue weighted by Gasteiger charge is 2.23. The molecule has 3 N–H and O–H groups in total. The second-order valence-electron chi connectivity index (χ2n) is 4.31. The summed E-state index contributed by atoms with van der Waals surface area (Å²) in [5, 5.41) is 2.93. The topological polar surface area (TPSA) is 73.6 Å². The standard InChI is InChI=1S/C11H22N2O3/c1-8(9-3-5-16-6-4-9)13-11(14)10(12)7-15-2/h8-10H,3-7,12H2,1-2H3,(H,13,14). The SMILES string of the molecule is COCC(N)C(=O)NC(C)C1CCOCC1. The van der Waals surface area contributed by atoms with E-state index in [1.807, 2.05) is 6.92 Å². The Morgan fingerprint density at radius 2 is 2.19 bits per heavy atom. The van der Waals surface area contributed by atoms with Crippen LogP contribution in [0.1, 0.15) is 19.8 Å². The number of ether oxygens (including phenoxy) is 2. The number of hydrogen-bond acceptors (Lipinski definition) is 4. The lowest BCUT2D eigenvalue weighted by Gasteiger charge is -2.29. The molecule has 0 spiro atoms. The van der Waals surface area contributed by atoms with Crippen molar-refractivity contribution in [1.29, 1.82) is 0 Å². The van der Waals surface area contributed by atoms with Crippen LogP contribution in [-0.2, 0) is 14.3 Å². The Labute approximate surface area is 96.7 Å². The van der Waals surface area contributed by atoms with Gasteiger partial charge in [-0.2, -0.15) is 0 Å². The quantitative estimate of drug-likeness (QED) is 0.691. The van der Waals surface area contributed by atoms with Crippen LogP contribution in [0.15, 0.2) is 0 Å². The van der Waals surface area contributed by atoms with Crippen molar-refractivity contribution in [3.8, 4) is 0 Å². The number of rotatable bonds is 5. The van der Waals surface area contributed by atoms with Gasteiger partial charge in [-0.1, -0.05) is 0 Å². The summed E-state index contributed by atoms with van der Waals surface area (Å²) < 4.78 is 10.1. The third kappa shape index (κ3) is 4.08. The summed E-state index contributed by atoms with van der Waals surface area (Å²) in [6.45, 7) is 3.85. The van der Waals surface area contributed by atoms with Gasteiger partial charge in [0.05, 0.1) is 6.61 Å². The first-order valence-corrected chi connectivity index (χ1v) is 5.77. The molecule has 1 heterocycles. The molecule has 0 aliphatic carbocycles. The van der Waals surface area contributed by atoms with Crippen molar-refractivity contribution in [3.05, 3.63) is 0 Å². The lowest BCUT2D eigenvalue weighted by Crippen LogP contribution is -2.49. The van der Waals surface area contributed by atoms with Crippen LogP contribution in [0.4, 0.5) is 0 Å². The van der Waals surface area contributed by atoms with Crippen molar-refractivity contribution < 1.29 is 14.3 Å². The molecule has 94 valence electrons. The lowest BCUT2D eigenvalue weighted by molar-refractivity contribution is -0.124. The largest absolute Gasteiger partial charge is 0.383 e. The van der Waals surface area contributed by atoms with E-state index in [1.54, 1.807) is 0 Å². The van der Waals surface area contributed by atoms with Crippen LogP contribution in [-0.4, -0.2) is 44.9 Å². The van der Waals surface area contributed by atoms with E-state index in [2.05, 4.69) is 5.32 Å². The highest BCUT2D eigenvalue weighted by molar-refractivity contribution is 5.81. The van der Waals surface area contributed by atoms with Gasteiger partial charge in [-0.3, -0.25) is 4.79 Å². The predicted octanol–water partition coefficient (Wildman–Crippen LogP) is -0.109. The molecule has 1 aliphatic rings. The molecule has 0 aromatic carbocycles. The second-order valence-corrected chi connectivity index (χ2v) is 4.31. The van der Waals surface area contributed by atoms with Crippen LogP contribution in [0, 0.1) is 5.92 Å². The summed E-state index contributed by atoms with van der Waals surface area (Å²) in [5.74, 6) is 0.355. The first kappa shape index (κ1) is 13.4. The summed E-state index contributed by atoms with van der Waals surface area (Å²) in [6, 6.07) is -0.424. The molecule has 1 fully saturated rings. The first-order chi connectivity index (χ1) is 7.65. The Balaban J connectivity index is 2.31. The van der Waals surface area contributed by atoms with Gasteiger partial charge in [0.1, 0.15) is 6.04 Å². The second kappa shape index (κ2) is 6.83. The number of carbonyl (C=O) groups excluding carboxylic acids is 1. The van der Waals surface area contributed by atoms with Crippen molar-refractivity contribution >= 4 is 5.91 Å². The van der Waals surface area contributed by atoms with Crippen LogP contribution in [0.2, 0.25) is 0 Å². The fourth-order valence-electron chi connectivity index (χ4n) is 1.92. The van der Waals surface area contributed by atoms with Gasteiger partial charge < -0.3 is 20.5 Å². The Bertz CT molecular complexity index is 217. The zero-order valence-corrected chi connectivity index (χ0v) is 10.1. The minimum atomic E-state index is -0.577. The highest BCUT2D eigenvalue weighted by Crippen LogP contribution is 2.18. The maximum Gasteiger partial charge on any atom is 0.239 e. The third-order valence-corrected chi connectivity index (χ3v) is 3.03. The molecule has 5 heteroatoms. The van der Waals surface area contributed by atoms with E-state index in [-0.39, 0.29) is 18.6 Å². The minimum Gasteiger partial charge on any atom is -0.383 e. The molecule has 0 aromatic heterocycles. The summed E-state index contributed by atoms with van der Waals surface area (Å²) in [7, 11) is 1.54. The predicted molar refractivity (Wildman–Crippen MR) is 61.0 cm³/mol. The van der Waals surface area contributed by atoms with Crippen molar-refractivity contribution in [2.45, 2.75) is 31.8 Å². The van der Waals surface area contributed by atoms with Crippen LogP contribution >= 0.6 is 0 Å². The molecule has 1 rings (SSSR count). The van der Waals surface area contributed by atoms with E-state index in [1.165, 1.54) is 7.11 Å². The van der Waals surface area contributed by atoms with Crippen LogP contribution < -0.4 is 11.1 Å². The zero-order valence-electron chi connectivity index (χ0n) is 10.1. The van der Waals surface area contributed by atoms with Gasteiger partial charge in [0, 0.05) is 26.4 Å². The molecule has 2 atom stereocenters. The average Bonchev–Trinajstić information content (AvgIpc) is 2.30. The fraction of sp³-hybridized carbons (Fsp3) is 0.909. The van der Waals surface area contributed by atoms with Gasteiger partial charge in [0.25, 0.3) is 0 Å². The van der Waals surface area contributed by atoms with Gasteiger partial charge in [-0.05, 0) is 25.7 Å². The fourth-order valence-corrected chi connectivity index (χ4v) is 1.92. The van der Waals surface area contributed by atoms with Crippen LogP contribution in [0.3, 0.4) is 0 Å². The minimum absolute atomic E-state index is 0.138. The van der Waals surface area contributed by atoms with E-state index in [4.69, 9.17) is 15.2 Å². The normalized spacial score (nSPS) is 21.4. The molecule has 0 bridgehead atoms. The number of hydrogen-bond donors (Lipinski definition) is 2. The third-order valence-electron chi connectivity index (χ3n) is 3.03. The van der Waals surface area contributed by atoms with E-state index < -0.39 is 6.04 Å². The first-order valence-electron chi connectivity index (χ1n) is 5.77. The van der Waals surface area contributed by atoms with Crippen molar-refractivity contribution in [2.75, 3.05) is 26.9 Å². The van der Waals surface area contributed by atoms with Crippen molar-refractivity contribution in [2.24, 2.45) is 11.7 Å². The zero-order chi connectivity index (χ0) is 12.0. The molecule has 0 radical (unpaired) electrons. The van der Waals surface area contributed by atoms with E-state index in [9.17, 15) is 4.79 Å². The number of carbonyl (C=O) groups is 1. The summed E-state index contributed by atoms with van der Waals surface area (Å²) in [5.41, 5.74) is 5.64. The van der Waals surface area contributed by atoms with Crippen molar-refractivity contribution in [1.82, 2.24) is 5.32 Å². The van der Waals surface area contributed by atoms with Crippen molar-refractivity contribution in [3.63, 3.8) is 0 Å².